The van der Waals surface area contributed by atoms with Crippen molar-refractivity contribution in [2.45, 2.75) is 31.5 Å². The monoisotopic (exact) mass is 463 g/mol. The molecule has 1 aromatic carbocycles. The van der Waals surface area contributed by atoms with Gasteiger partial charge in [-0.25, -0.2) is 9.78 Å². The molecular weight excluding hydrogens is 447 g/mol. The van der Waals surface area contributed by atoms with E-state index in [1.165, 1.54) is 28.4 Å². The number of rotatable bonds is 2. The normalized spacial score (nSPS) is 17.0. The SMILES string of the molecule is Cc1sc(C2(O)CCN(C(=O)Nc3ccc(C(F)(F)F)cc3)CC2)nc1Br. The number of aryl methyl sites for hydroxylation is 1. The van der Waals surface area contributed by atoms with Gasteiger partial charge in [0.2, 0.25) is 0 Å². The van der Waals surface area contributed by atoms with Crippen LogP contribution in [0.1, 0.15) is 28.3 Å². The Morgan fingerprint density at radius 2 is 1.89 bits per heavy atom. The molecule has 1 aliphatic rings. The molecule has 1 aliphatic heterocycles. The van der Waals surface area contributed by atoms with Crippen LogP contribution in [0.15, 0.2) is 28.9 Å². The molecule has 146 valence electrons. The average molecular weight is 464 g/mol. The number of carbonyl (C=O) groups excluding carboxylic acids is 1. The number of urea groups is 1. The number of carbonyl (C=O) groups is 1. The summed E-state index contributed by atoms with van der Waals surface area (Å²) in [7, 11) is 0. The highest BCUT2D eigenvalue weighted by atomic mass is 79.9. The third-order valence-electron chi connectivity index (χ3n) is 4.48. The molecule has 2 amide bonds. The first kappa shape index (κ1) is 20.1. The largest absolute Gasteiger partial charge is 0.416 e. The quantitative estimate of drug-likeness (QED) is 0.675. The van der Waals surface area contributed by atoms with Gasteiger partial charge in [-0.3, -0.25) is 0 Å². The van der Waals surface area contributed by atoms with Crippen LogP contribution in [0.3, 0.4) is 0 Å². The number of aromatic nitrogens is 1. The highest BCUT2D eigenvalue weighted by molar-refractivity contribution is 9.10. The van der Waals surface area contributed by atoms with E-state index in [-0.39, 0.29) is 5.69 Å². The number of nitrogens with one attached hydrogen (secondary N) is 1. The number of halogens is 4. The number of piperidine rings is 1. The van der Waals surface area contributed by atoms with E-state index >= 15 is 0 Å². The lowest BCUT2D eigenvalue weighted by Gasteiger charge is -2.36. The Balaban J connectivity index is 1.60. The fourth-order valence-corrected chi connectivity index (χ4v) is 4.30. The fraction of sp³-hybridized carbons (Fsp3) is 0.412. The van der Waals surface area contributed by atoms with Crippen molar-refractivity contribution in [3.8, 4) is 0 Å². The standard InChI is InChI=1S/C17H17BrF3N3O2S/c1-10-13(18)23-14(27-10)16(26)6-8-24(9-7-16)15(25)22-12-4-2-11(3-5-12)17(19,20)21/h2-5,26H,6-9H2,1H3,(H,22,25). The minimum atomic E-state index is -4.41. The molecule has 5 nitrogen and oxygen atoms in total. The lowest BCUT2D eigenvalue weighted by atomic mass is 9.92. The van der Waals surface area contributed by atoms with Crippen molar-refractivity contribution in [3.63, 3.8) is 0 Å². The van der Waals surface area contributed by atoms with Gasteiger partial charge in [-0.2, -0.15) is 13.2 Å². The number of nitrogens with zero attached hydrogens (tertiary/aromatic N) is 2. The van der Waals surface area contributed by atoms with Crippen molar-refractivity contribution in [3.05, 3.63) is 44.3 Å². The second-order valence-corrected chi connectivity index (χ2v) is 8.34. The Labute approximate surface area is 166 Å². The molecule has 0 bridgehead atoms. The maximum atomic E-state index is 12.6. The van der Waals surface area contributed by atoms with Gasteiger partial charge in [0, 0.05) is 36.5 Å². The molecule has 2 N–H and O–H groups in total. The van der Waals surface area contributed by atoms with Crippen LogP contribution >= 0.6 is 27.3 Å². The zero-order chi connectivity index (χ0) is 19.8. The van der Waals surface area contributed by atoms with Crippen molar-refractivity contribution in [1.82, 2.24) is 9.88 Å². The van der Waals surface area contributed by atoms with E-state index < -0.39 is 23.4 Å². The van der Waals surface area contributed by atoms with Gasteiger partial charge < -0.3 is 15.3 Å². The topological polar surface area (TPSA) is 65.5 Å². The Hall–Kier alpha value is -1.65. The van der Waals surface area contributed by atoms with Crippen LogP contribution in [0.5, 0.6) is 0 Å². The molecule has 2 aromatic rings. The zero-order valence-electron chi connectivity index (χ0n) is 14.3. The molecule has 0 unspecified atom stereocenters. The van der Waals surface area contributed by atoms with Crippen molar-refractivity contribution < 1.29 is 23.1 Å². The number of likely N-dealkylation sites (tertiary alicyclic amines) is 1. The number of alkyl halides is 3. The number of benzene rings is 1. The fourth-order valence-electron chi connectivity index (χ4n) is 2.82. The zero-order valence-corrected chi connectivity index (χ0v) is 16.7. The average Bonchev–Trinajstić information content (AvgIpc) is 2.95. The first-order valence-corrected chi connectivity index (χ1v) is 9.78. The number of hydrogen-bond donors (Lipinski definition) is 2. The molecule has 0 aliphatic carbocycles. The van der Waals surface area contributed by atoms with Crippen LogP contribution < -0.4 is 5.32 Å². The van der Waals surface area contributed by atoms with Gasteiger partial charge in [-0.1, -0.05) is 0 Å². The molecule has 10 heteroatoms. The Bertz CT molecular complexity index is 811. The first-order chi connectivity index (χ1) is 12.6. The summed E-state index contributed by atoms with van der Waals surface area (Å²) in [6.07, 6.45) is -3.73. The van der Waals surface area contributed by atoms with E-state index in [1.54, 1.807) is 0 Å². The van der Waals surface area contributed by atoms with Gasteiger partial charge in [0.1, 0.15) is 15.2 Å². The minimum Gasteiger partial charge on any atom is -0.383 e. The highest BCUT2D eigenvalue weighted by Gasteiger charge is 2.38. The second-order valence-electron chi connectivity index (χ2n) is 6.39. The summed E-state index contributed by atoms with van der Waals surface area (Å²) in [5.41, 5.74) is -1.56. The molecule has 0 radical (unpaired) electrons. The van der Waals surface area contributed by atoms with Crippen LogP contribution in [-0.4, -0.2) is 34.1 Å². The van der Waals surface area contributed by atoms with Crippen LogP contribution in [0.25, 0.3) is 0 Å². The van der Waals surface area contributed by atoms with E-state index in [4.69, 9.17) is 0 Å². The maximum absolute atomic E-state index is 12.6. The summed E-state index contributed by atoms with van der Waals surface area (Å²) in [5, 5.41) is 14.0. The van der Waals surface area contributed by atoms with E-state index in [0.29, 0.717) is 35.5 Å². The third-order valence-corrected chi connectivity index (χ3v) is 6.68. The number of thiazole rings is 1. The Morgan fingerprint density at radius 1 is 1.30 bits per heavy atom. The van der Waals surface area contributed by atoms with Gasteiger partial charge in [-0.15, -0.1) is 11.3 Å². The van der Waals surface area contributed by atoms with Crippen LogP contribution in [0, 0.1) is 6.92 Å². The lowest BCUT2D eigenvalue weighted by Crippen LogP contribution is -2.46. The van der Waals surface area contributed by atoms with Crippen LogP contribution in [-0.2, 0) is 11.8 Å². The third kappa shape index (κ3) is 4.44. The van der Waals surface area contributed by atoms with Crippen molar-refractivity contribution >= 4 is 39.0 Å². The second kappa shape index (κ2) is 7.40. The van der Waals surface area contributed by atoms with Gasteiger partial charge in [0.15, 0.2) is 0 Å². The molecule has 2 heterocycles. The molecule has 0 saturated carbocycles. The molecular formula is C17H17BrF3N3O2S. The van der Waals surface area contributed by atoms with Gasteiger partial charge in [0.25, 0.3) is 0 Å². The van der Waals surface area contributed by atoms with Crippen molar-refractivity contribution in [1.29, 1.82) is 0 Å². The number of aliphatic hydroxyl groups is 1. The predicted molar refractivity (Wildman–Crippen MR) is 99.7 cm³/mol. The van der Waals surface area contributed by atoms with Crippen LogP contribution in [0.4, 0.5) is 23.7 Å². The molecule has 27 heavy (non-hydrogen) atoms. The summed E-state index contributed by atoms with van der Waals surface area (Å²) in [5.74, 6) is 0. The van der Waals surface area contributed by atoms with E-state index in [0.717, 1.165) is 17.0 Å². The number of amides is 2. The predicted octanol–water partition coefficient (Wildman–Crippen LogP) is 4.75. The van der Waals surface area contributed by atoms with Crippen molar-refractivity contribution in [2.75, 3.05) is 18.4 Å². The lowest BCUT2D eigenvalue weighted by molar-refractivity contribution is -0.137. The van der Waals surface area contributed by atoms with E-state index in [2.05, 4.69) is 26.2 Å². The van der Waals surface area contributed by atoms with Gasteiger partial charge in [0.05, 0.1) is 5.56 Å². The Kier molecular flexibility index (Phi) is 5.51. The smallest absolute Gasteiger partial charge is 0.383 e. The molecule has 1 saturated heterocycles. The highest BCUT2D eigenvalue weighted by Crippen LogP contribution is 2.37. The molecule has 1 fully saturated rings. The van der Waals surface area contributed by atoms with Gasteiger partial charge in [-0.05, 0) is 47.1 Å². The summed E-state index contributed by atoms with van der Waals surface area (Å²) in [6.45, 7) is 2.54. The Morgan fingerprint density at radius 3 is 2.37 bits per heavy atom. The van der Waals surface area contributed by atoms with E-state index in [9.17, 15) is 23.1 Å². The van der Waals surface area contributed by atoms with E-state index in [1.807, 2.05) is 6.92 Å². The summed E-state index contributed by atoms with van der Waals surface area (Å²) < 4.78 is 38.5. The summed E-state index contributed by atoms with van der Waals surface area (Å²) >= 11 is 4.76. The summed E-state index contributed by atoms with van der Waals surface area (Å²) in [4.78, 5) is 19.2. The molecule has 1 aromatic heterocycles. The maximum Gasteiger partial charge on any atom is 0.416 e. The number of hydrogen-bond acceptors (Lipinski definition) is 4. The summed E-state index contributed by atoms with van der Waals surface area (Å²) in [6, 6.07) is 3.88. The minimum absolute atomic E-state index is 0.285. The van der Waals surface area contributed by atoms with Crippen LogP contribution in [0.2, 0.25) is 0 Å². The first-order valence-electron chi connectivity index (χ1n) is 8.17. The number of anilines is 1. The van der Waals surface area contributed by atoms with Gasteiger partial charge >= 0.3 is 12.2 Å². The van der Waals surface area contributed by atoms with Crippen molar-refractivity contribution in [2.24, 2.45) is 0 Å². The molecule has 0 spiro atoms. The molecule has 3 rings (SSSR count). The molecule has 0 atom stereocenters.